The first-order valence-corrected chi connectivity index (χ1v) is 9.00. The summed E-state index contributed by atoms with van der Waals surface area (Å²) >= 11 is 0. The van der Waals surface area contributed by atoms with Crippen LogP contribution >= 0.6 is 0 Å². The highest BCUT2D eigenvalue weighted by atomic mass is 16.6. The summed E-state index contributed by atoms with van der Waals surface area (Å²) in [6, 6.07) is 9.83. The van der Waals surface area contributed by atoms with Gasteiger partial charge in [-0.1, -0.05) is 30.3 Å². The normalized spacial score (nSPS) is 19.4. The number of carbonyl (C=O) groups is 2. The highest BCUT2D eigenvalue weighted by Gasteiger charge is 2.54. The van der Waals surface area contributed by atoms with Gasteiger partial charge in [-0.25, -0.2) is 9.78 Å². The molecule has 0 radical (unpaired) electrons. The quantitative estimate of drug-likeness (QED) is 0.715. The number of Topliss-reactive ketones (excluding diaryl/α,β-unsaturated/α-hetero) is 1. The van der Waals surface area contributed by atoms with Crippen LogP contribution in [0.5, 0.6) is 0 Å². The van der Waals surface area contributed by atoms with E-state index in [4.69, 9.17) is 9.47 Å². The molecule has 0 N–H and O–H groups in total. The maximum absolute atomic E-state index is 12.7. The molecule has 26 heavy (non-hydrogen) atoms. The second-order valence-electron chi connectivity index (χ2n) is 7.19. The molecule has 1 saturated heterocycles. The van der Waals surface area contributed by atoms with Crippen LogP contribution in [0.1, 0.15) is 48.3 Å². The molecule has 1 aliphatic heterocycles. The predicted octanol–water partition coefficient (Wildman–Crippen LogP) is 2.79. The molecule has 0 amide bonds. The Hall–Kier alpha value is -2.47. The first-order valence-electron chi connectivity index (χ1n) is 9.00. The van der Waals surface area contributed by atoms with Gasteiger partial charge in [-0.2, -0.15) is 0 Å². The Kier molecular flexibility index (Phi) is 4.36. The topological polar surface area (TPSA) is 70.4 Å². The third kappa shape index (κ3) is 3.17. The molecule has 1 atom stereocenters. The summed E-state index contributed by atoms with van der Waals surface area (Å²) in [6.45, 7) is 3.25. The number of ketones is 1. The van der Waals surface area contributed by atoms with E-state index >= 15 is 0 Å². The lowest BCUT2D eigenvalue weighted by atomic mass is 9.97. The Morgan fingerprint density at radius 3 is 2.65 bits per heavy atom. The summed E-state index contributed by atoms with van der Waals surface area (Å²) < 4.78 is 12.6. The van der Waals surface area contributed by atoms with Crippen LogP contribution in [0.4, 0.5) is 0 Å². The molecule has 0 spiro atoms. The molecule has 1 aromatic heterocycles. The van der Waals surface area contributed by atoms with Gasteiger partial charge in [0.15, 0.2) is 11.4 Å². The summed E-state index contributed by atoms with van der Waals surface area (Å²) in [5.41, 5.74) is 0.506. The fourth-order valence-corrected chi connectivity index (χ4v) is 3.30. The Balaban J connectivity index is 1.47. The Morgan fingerprint density at radius 1 is 1.31 bits per heavy atom. The molecule has 1 aliphatic carbocycles. The summed E-state index contributed by atoms with van der Waals surface area (Å²) in [5.74, 6) is -0.204. The van der Waals surface area contributed by atoms with Crippen molar-refractivity contribution in [2.45, 2.75) is 37.8 Å². The van der Waals surface area contributed by atoms with Crippen LogP contribution in [0.3, 0.4) is 0 Å². The number of ether oxygens (including phenoxy) is 2. The first-order chi connectivity index (χ1) is 12.6. The molecule has 0 bridgehead atoms. The first kappa shape index (κ1) is 17.0. The van der Waals surface area contributed by atoms with Gasteiger partial charge in [-0.15, -0.1) is 0 Å². The van der Waals surface area contributed by atoms with E-state index < -0.39 is 11.6 Å². The van der Waals surface area contributed by atoms with Crippen LogP contribution in [0.15, 0.2) is 42.9 Å². The van der Waals surface area contributed by atoms with Gasteiger partial charge in [0.2, 0.25) is 0 Å². The monoisotopic (exact) mass is 354 g/mol. The average Bonchev–Trinajstić information content (AvgIpc) is 3.23. The number of carbonyl (C=O) groups excluding carboxylic acids is 2. The second kappa shape index (κ2) is 6.68. The molecule has 2 aliphatic rings. The zero-order valence-corrected chi connectivity index (χ0v) is 14.8. The number of imidazole rings is 1. The van der Waals surface area contributed by atoms with Gasteiger partial charge in [-0.3, -0.25) is 4.79 Å². The van der Waals surface area contributed by atoms with Gasteiger partial charge in [-0.05, 0) is 25.3 Å². The Morgan fingerprint density at radius 2 is 2.04 bits per heavy atom. The van der Waals surface area contributed by atoms with Gasteiger partial charge < -0.3 is 14.0 Å². The number of nitrogens with zero attached hydrogens (tertiary/aromatic N) is 2. The molecule has 1 aromatic carbocycles. The van der Waals surface area contributed by atoms with Crippen molar-refractivity contribution in [1.29, 1.82) is 0 Å². The van der Waals surface area contributed by atoms with Gasteiger partial charge in [0.05, 0.1) is 31.8 Å². The maximum Gasteiger partial charge on any atom is 0.357 e. The van der Waals surface area contributed by atoms with E-state index in [2.05, 4.69) is 4.98 Å². The minimum absolute atomic E-state index is 0.0151. The average molecular weight is 354 g/mol. The standard InChI is InChI=1S/C20H22N2O4/c1-14(16-5-3-2-4-6-16)22-13-21-10-17(22)19(24)26-20(7-8-20)18(23)9-15-11-25-12-15/h2-6,10,13-15H,7-9,11-12H2,1H3/t14-/m1/s1. The van der Waals surface area contributed by atoms with Crippen LogP contribution in [-0.2, 0) is 14.3 Å². The molecule has 1 saturated carbocycles. The van der Waals surface area contributed by atoms with Crippen LogP contribution in [0, 0.1) is 5.92 Å². The highest BCUT2D eigenvalue weighted by Crippen LogP contribution is 2.43. The smallest absolute Gasteiger partial charge is 0.357 e. The SMILES string of the molecule is C[C@H](c1ccccc1)n1cncc1C(=O)OC1(C(=O)CC2COC2)CC1. The van der Waals surface area contributed by atoms with Crippen LogP contribution in [0.25, 0.3) is 0 Å². The Bertz CT molecular complexity index is 806. The van der Waals surface area contributed by atoms with Gasteiger partial charge in [0.25, 0.3) is 0 Å². The zero-order chi connectivity index (χ0) is 18.1. The minimum atomic E-state index is -0.933. The molecule has 2 heterocycles. The Labute approximate surface area is 152 Å². The van der Waals surface area contributed by atoms with Crippen molar-refractivity contribution < 1.29 is 19.1 Å². The largest absolute Gasteiger partial charge is 0.446 e. The number of rotatable bonds is 7. The third-order valence-electron chi connectivity index (χ3n) is 5.26. The number of benzene rings is 1. The van der Waals surface area contributed by atoms with Crippen molar-refractivity contribution in [3.05, 3.63) is 54.1 Å². The molecule has 6 heteroatoms. The van der Waals surface area contributed by atoms with E-state index in [9.17, 15) is 9.59 Å². The number of hydrogen-bond donors (Lipinski definition) is 0. The summed E-state index contributed by atoms with van der Waals surface area (Å²) in [5, 5.41) is 0. The van der Waals surface area contributed by atoms with Crippen molar-refractivity contribution in [2.75, 3.05) is 13.2 Å². The summed E-state index contributed by atoms with van der Waals surface area (Å²) in [7, 11) is 0. The molecule has 136 valence electrons. The molecule has 6 nitrogen and oxygen atoms in total. The van der Waals surface area contributed by atoms with Crippen LogP contribution < -0.4 is 0 Å². The lowest BCUT2D eigenvalue weighted by Crippen LogP contribution is -2.36. The lowest BCUT2D eigenvalue weighted by molar-refractivity contribution is -0.135. The number of aromatic nitrogens is 2. The van der Waals surface area contributed by atoms with E-state index in [-0.39, 0.29) is 17.7 Å². The van der Waals surface area contributed by atoms with Crippen molar-refractivity contribution in [1.82, 2.24) is 9.55 Å². The van der Waals surface area contributed by atoms with E-state index in [0.29, 0.717) is 38.2 Å². The third-order valence-corrected chi connectivity index (χ3v) is 5.26. The van der Waals surface area contributed by atoms with Gasteiger partial charge in [0.1, 0.15) is 5.69 Å². The second-order valence-corrected chi connectivity index (χ2v) is 7.19. The van der Waals surface area contributed by atoms with E-state index in [1.165, 1.54) is 6.20 Å². The van der Waals surface area contributed by atoms with Crippen molar-refractivity contribution in [3.63, 3.8) is 0 Å². The van der Waals surface area contributed by atoms with Crippen molar-refractivity contribution in [3.8, 4) is 0 Å². The fourth-order valence-electron chi connectivity index (χ4n) is 3.30. The van der Waals surface area contributed by atoms with Crippen molar-refractivity contribution in [2.24, 2.45) is 5.92 Å². The minimum Gasteiger partial charge on any atom is -0.446 e. The van der Waals surface area contributed by atoms with E-state index in [1.807, 2.05) is 37.3 Å². The molecular formula is C20H22N2O4. The predicted molar refractivity (Wildman–Crippen MR) is 93.8 cm³/mol. The zero-order valence-electron chi connectivity index (χ0n) is 14.8. The molecular weight excluding hydrogens is 332 g/mol. The lowest BCUT2D eigenvalue weighted by Gasteiger charge is -2.27. The number of esters is 1. The molecule has 4 rings (SSSR count). The fraction of sp³-hybridized carbons (Fsp3) is 0.450. The summed E-state index contributed by atoms with van der Waals surface area (Å²) in [6.07, 6.45) is 4.76. The summed E-state index contributed by atoms with van der Waals surface area (Å²) in [4.78, 5) is 29.4. The molecule has 2 aromatic rings. The van der Waals surface area contributed by atoms with Gasteiger partial charge in [0, 0.05) is 12.3 Å². The molecule has 0 unspecified atom stereocenters. The van der Waals surface area contributed by atoms with Crippen LogP contribution in [-0.4, -0.2) is 40.1 Å². The van der Waals surface area contributed by atoms with E-state index in [1.54, 1.807) is 10.9 Å². The number of hydrogen-bond acceptors (Lipinski definition) is 5. The van der Waals surface area contributed by atoms with Gasteiger partial charge >= 0.3 is 5.97 Å². The maximum atomic E-state index is 12.7. The van der Waals surface area contributed by atoms with Crippen LogP contribution in [0.2, 0.25) is 0 Å². The van der Waals surface area contributed by atoms with E-state index in [0.717, 1.165) is 5.56 Å². The molecule has 2 fully saturated rings. The highest BCUT2D eigenvalue weighted by molar-refractivity contribution is 5.95. The van der Waals surface area contributed by atoms with Crippen molar-refractivity contribution >= 4 is 11.8 Å².